The maximum Gasteiger partial charge on any atom is 0.472 e. The number of hydrogen-bond acceptors (Lipinski definition) is 15. The van der Waals surface area contributed by atoms with Gasteiger partial charge in [-0.1, -0.05) is 262 Å². The van der Waals surface area contributed by atoms with E-state index in [-0.39, 0.29) is 25.7 Å². The molecule has 96 heavy (non-hydrogen) atoms. The quantitative estimate of drug-likeness (QED) is 0.0169. The topological polar surface area (TPSA) is 237 Å². The largest absolute Gasteiger partial charge is 0.472 e. The van der Waals surface area contributed by atoms with Crippen LogP contribution in [0.15, 0.2) is 170 Å². The minimum absolute atomic E-state index is 0.0775. The number of phosphoric ester groups is 2. The fourth-order valence-electron chi connectivity index (χ4n) is 8.48. The lowest BCUT2D eigenvalue weighted by atomic mass is 10.1. The van der Waals surface area contributed by atoms with Crippen LogP contribution in [0, 0.1) is 0 Å². The van der Waals surface area contributed by atoms with Gasteiger partial charge in [-0.3, -0.25) is 37.3 Å². The Morgan fingerprint density at radius 1 is 0.312 bits per heavy atom. The number of aliphatic hydroxyl groups excluding tert-OH is 1. The predicted octanol–water partition coefficient (Wildman–Crippen LogP) is 19.9. The zero-order valence-corrected chi connectivity index (χ0v) is 60.5. The van der Waals surface area contributed by atoms with E-state index < -0.39 is 97.5 Å². The van der Waals surface area contributed by atoms with E-state index in [1.54, 1.807) is 24.3 Å². The third kappa shape index (κ3) is 67.0. The third-order valence-corrected chi connectivity index (χ3v) is 15.7. The molecule has 0 aliphatic rings. The molecule has 0 amide bonds. The summed E-state index contributed by atoms with van der Waals surface area (Å²) in [4.78, 5) is 72.5. The van der Waals surface area contributed by atoms with Crippen LogP contribution in [-0.2, 0) is 65.4 Å². The van der Waals surface area contributed by atoms with Crippen molar-refractivity contribution >= 4 is 39.5 Å². The summed E-state index contributed by atoms with van der Waals surface area (Å²) in [5.41, 5.74) is 0. The van der Waals surface area contributed by atoms with Gasteiger partial charge in [0.1, 0.15) is 19.3 Å². The summed E-state index contributed by atoms with van der Waals surface area (Å²) in [5, 5.41) is 10.6. The van der Waals surface area contributed by atoms with E-state index in [4.69, 9.17) is 37.0 Å². The molecule has 17 nitrogen and oxygen atoms in total. The maximum atomic E-state index is 13.0. The number of esters is 4. The summed E-state index contributed by atoms with van der Waals surface area (Å²) in [6.07, 6.45) is 78.7. The van der Waals surface area contributed by atoms with Crippen molar-refractivity contribution < 1.29 is 80.2 Å². The summed E-state index contributed by atoms with van der Waals surface area (Å²) in [6, 6.07) is 0. The van der Waals surface area contributed by atoms with Crippen LogP contribution in [0.3, 0.4) is 0 Å². The predicted molar refractivity (Wildman–Crippen MR) is 390 cm³/mol. The lowest BCUT2D eigenvalue weighted by Crippen LogP contribution is -2.30. The van der Waals surface area contributed by atoms with Gasteiger partial charge in [0.05, 0.1) is 39.3 Å². The van der Waals surface area contributed by atoms with Crippen molar-refractivity contribution in [2.75, 3.05) is 39.6 Å². The molecule has 5 atom stereocenters. The van der Waals surface area contributed by atoms with E-state index in [1.165, 1.54) is 38.5 Å². The molecular formula is C77H122O17P2. The van der Waals surface area contributed by atoms with Crippen molar-refractivity contribution in [1.82, 2.24) is 0 Å². The van der Waals surface area contributed by atoms with Crippen molar-refractivity contribution in [2.24, 2.45) is 0 Å². The Bertz CT molecular complexity index is 2500. The molecule has 0 heterocycles. The fraction of sp³-hybridized carbons (Fsp3) is 0.584. The Morgan fingerprint density at radius 3 is 0.969 bits per heavy atom. The van der Waals surface area contributed by atoms with Crippen LogP contribution in [0.2, 0.25) is 0 Å². The van der Waals surface area contributed by atoms with Gasteiger partial charge in [-0.2, -0.15) is 0 Å². The van der Waals surface area contributed by atoms with Crippen LogP contribution in [0.4, 0.5) is 0 Å². The first kappa shape index (κ1) is 90.4. The van der Waals surface area contributed by atoms with E-state index in [9.17, 15) is 43.2 Å². The van der Waals surface area contributed by atoms with Crippen molar-refractivity contribution in [1.29, 1.82) is 0 Å². The second kappa shape index (κ2) is 68.0. The summed E-state index contributed by atoms with van der Waals surface area (Å²) in [7, 11) is -10.0. The molecule has 0 aliphatic heterocycles. The molecule has 0 aliphatic carbocycles. The van der Waals surface area contributed by atoms with Crippen LogP contribution in [-0.4, -0.2) is 96.7 Å². The second-order valence-electron chi connectivity index (χ2n) is 22.7. The molecule has 0 rings (SSSR count). The van der Waals surface area contributed by atoms with Gasteiger partial charge in [-0.05, 0) is 116 Å². The molecule has 0 aromatic rings. The lowest BCUT2D eigenvalue weighted by molar-refractivity contribution is -0.161. The van der Waals surface area contributed by atoms with Crippen molar-refractivity contribution in [3.8, 4) is 0 Å². The first-order valence-electron chi connectivity index (χ1n) is 35.4. The van der Waals surface area contributed by atoms with Gasteiger partial charge in [0.25, 0.3) is 0 Å². The molecule has 0 aromatic carbocycles. The summed E-state index contributed by atoms with van der Waals surface area (Å²) >= 11 is 0. The molecule has 0 saturated carbocycles. The van der Waals surface area contributed by atoms with E-state index in [2.05, 4.69) is 149 Å². The molecule has 19 heteroatoms. The maximum absolute atomic E-state index is 13.0. The molecule has 0 fully saturated rings. The van der Waals surface area contributed by atoms with Crippen molar-refractivity contribution in [3.05, 3.63) is 170 Å². The highest BCUT2D eigenvalue weighted by molar-refractivity contribution is 7.47. The van der Waals surface area contributed by atoms with Gasteiger partial charge in [-0.25, -0.2) is 9.13 Å². The number of carbonyl (C=O) groups excluding carboxylic acids is 4. The smallest absolute Gasteiger partial charge is 0.462 e. The van der Waals surface area contributed by atoms with Gasteiger partial charge in [0.15, 0.2) is 12.2 Å². The normalized spacial score (nSPS) is 15.0. The number of phosphoric acid groups is 2. The number of unbranched alkanes of at least 4 members (excludes halogenated alkanes) is 12. The molecule has 0 spiro atoms. The average Bonchev–Trinajstić information content (AvgIpc) is 1.09. The average molecular weight is 1380 g/mol. The summed E-state index contributed by atoms with van der Waals surface area (Å²) in [5.74, 6) is -2.54. The SMILES string of the molecule is CC/C=C\C/C=C\C/C=C\C/C=C\C/C=C\CC(=O)OCC(COP(=O)(O)OCC(O)COP(=O)(O)OCC(COC(=O)CCCC/C=C\C/C=C\C/C=C\C/C=C\CC)OC(=O)CCCCCCCCCCCCC)OC(=O)C/C=C\C/C=C\C/C=C\C/C=C\C/C=C\CC. The Labute approximate surface area is 578 Å². The van der Waals surface area contributed by atoms with Crippen LogP contribution < -0.4 is 0 Å². The Hall–Kier alpha value is -5.58. The second-order valence-corrected chi connectivity index (χ2v) is 25.6. The molecule has 0 radical (unpaired) electrons. The zero-order chi connectivity index (χ0) is 70.4. The molecule has 0 saturated heterocycles. The Morgan fingerprint density at radius 2 is 0.594 bits per heavy atom. The fourth-order valence-corrected chi connectivity index (χ4v) is 10.1. The van der Waals surface area contributed by atoms with Crippen LogP contribution >= 0.6 is 15.6 Å². The van der Waals surface area contributed by atoms with E-state index in [0.29, 0.717) is 25.7 Å². The molecule has 542 valence electrons. The van der Waals surface area contributed by atoms with Gasteiger partial charge in [0, 0.05) is 12.8 Å². The minimum Gasteiger partial charge on any atom is -0.462 e. The zero-order valence-electron chi connectivity index (χ0n) is 58.7. The number of carbonyl (C=O) groups is 4. The highest BCUT2D eigenvalue weighted by Crippen LogP contribution is 2.45. The van der Waals surface area contributed by atoms with Crippen LogP contribution in [0.25, 0.3) is 0 Å². The van der Waals surface area contributed by atoms with E-state index in [0.717, 1.165) is 116 Å². The molecule has 5 unspecified atom stereocenters. The highest BCUT2D eigenvalue weighted by Gasteiger charge is 2.30. The Balaban J connectivity index is 5.52. The standard InChI is InChI=1S/C77H122O17P2/c1-5-9-13-17-21-25-29-32-35-38-42-45-49-53-57-61-74(79)87-67-72(93-76(81)63-59-55-51-47-41-28-24-20-16-12-8-4)69-91-95(83,84)89-65-71(78)66-90-96(85,86)92-70-73(94-77(82)64-60-56-52-48-44-40-37-34-31-27-23-19-15-11-7-3)68-88-75(80)62-58-54-50-46-43-39-36-33-30-26-22-18-14-10-6-2/h9-11,13-15,21-23,25-27,32-37,42-46,48,54,56,58,60,71-73,78H,5-8,12,16-20,24,28-31,38-41,47,49-53,55,57,59,61-70H2,1-4H3,(H,83,84)(H,85,86)/b13-9-,14-10-,15-11-,25-21-,26-22-,27-23-,35-32-,36-33-,37-34-,45-42-,46-43-,48-44-,58-54-,60-56-. The molecule has 0 aromatic heterocycles. The van der Waals surface area contributed by atoms with Crippen molar-refractivity contribution in [3.63, 3.8) is 0 Å². The number of allylic oxidation sites excluding steroid dienone is 26. The number of ether oxygens (including phenoxy) is 4. The first-order chi connectivity index (χ1) is 46.7. The molecule has 0 bridgehead atoms. The molecular weight excluding hydrogens is 1260 g/mol. The van der Waals surface area contributed by atoms with Gasteiger partial charge < -0.3 is 33.8 Å². The highest BCUT2D eigenvalue weighted by atomic mass is 31.2. The number of aliphatic hydroxyl groups is 1. The van der Waals surface area contributed by atoms with Crippen molar-refractivity contribution in [2.45, 2.75) is 251 Å². The number of rotatable bonds is 64. The van der Waals surface area contributed by atoms with Gasteiger partial charge >= 0.3 is 39.5 Å². The lowest BCUT2D eigenvalue weighted by Gasteiger charge is -2.21. The van der Waals surface area contributed by atoms with Crippen LogP contribution in [0.5, 0.6) is 0 Å². The third-order valence-electron chi connectivity index (χ3n) is 13.8. The first-order valence-corrected chi connectivity index (χ1v) is 38.4. The van der Waals surface area contributed by atoms with Gasteiger partial charge in [0.2, 0.25) is 0 Å². The van der Waals surface area contributed by atoms with Gasteiger partial charge in [-0.15, -0.1) is 0 Å². The van der Waals surface area contributed by atoms with Crippen LogP contribution in [0.1, 0.15) is 233 Å². The summed E-state index contributed by atoms with van der Waals surface area (Å²) in [6.45, 7) is 4.18. The summed E-state index contributed by atoms with van der Waals surface area (Å²) < 4.78 is 67.9. The molecule has 3 N–H and O–H groups in total. The van der Waals surface area contributed by atoms with E-state index in [1.807, 2.05) is 24.3 Å². The monoisotopic (exact) mass is 1380 g/mol. The Kier molecular flexibility index (Phi) is 64.0. The van der Waals surface area contributed by atoms with E-state index >= 15 is 0 Å². The number of hydrogen-bond donors (Lipinski definition) is 3. The minimum atomic E-state index is -5.02.